The summed E-state index contributed by atoms with van der Waals surface area (Å²) < 4.78 is 20.9. The maximum atomic E-state index is 14.0. The summed E-state index contributed by atoms with van der Waals surface area (Å²) in [4.78, 5) is 23.9. The molecule has 0 radical (unpaired) electrons. The number of aryl methyl sites for hydroxylation is 1. The van der Waals surface area contributed by atoms with Gasteiger partial charge in [0.05, 0.1) is 7.11 Å². The number of anilines is 1. The molecule has 0 spiro atoms. The van der Waals surface area contributed by atoms with Gasteiger partial charge in [-0.2, -0.15) is 5.10 Å². The lowest BCUT2D eigenvalue weighted by Crippen LogP contribution is -2.17. The Morgan fingerprint density at radius 3 is 2.61 bits per heavy atom. The summed E-state index contributed by atoms with van der Waals surface area (Å²) in [6.07, 6.45) is 1.62. The number of amides is 2. The molecule has 3 aromatic rings. The average molecular weight is 382 g/mol. The number of aromatic nitrogens is 2. The Morgan fingerprint density at radius 1 is 1.18 bits per heavy atom. The predicted molar refractivity (Wildman–Crippen MR) is 102 cm³/mol. The number of primary amides is 1. The van der Waals surface area contributed by atoms with Crippen LogP contribution < -0.4 is 15.8 Å². The lowest BCUT2D eigenvalue weighted by atomic mass is 10.1. The highest BCUT2D eigenvalue weighted by atomic mass is 19.1. The van der Waals surface area contributed by atoms with Gasteiger partial charge in [-0.15, -0.1) is 0 Å². The molecule has 144 valence electrons. The molecule has 0 saturated heterocycles. The first-order chi connectivity index (χ1) is 13.3. The maximum absolute atomic E-state index is 14.0. The second-order valence-electron chi connectivity index (χ2n) is 6.27. The highest BCUT2D eigenvalue weighted by Crippen LogP contribution is 2.24. The maximum Gasteiger partial charge on any atom is 0.276 e. The largest absolute Gasteiger partial charge is 0.494 e. The molecule has 0 aliphatic carbocycles. The SMILES string of the molecule is COc1ccc(C)cc1-n1ccc(C(=O)Nc2cc(C(N)=O)cc(F)c2C)n1. The summed E-state index contributed by atoms with van der Waals surface area (Å²) in [5.41, 5.74) is 7.32. The molecule has 3 N–H and O–H groups in total. The molecule has 0 atom stereocenters. The van der Waals surface area contributed by atoms with E-state index in [1.165, 1.54) is 23.7 Å². The standard InChI is InChI=1S/C20H19FN4O3/c1-11-4-5-18(28-3)17(8-11)25-7-6-15(24-25)20(27)23-16-10-13(19(22)26)9-14(21)12(16)2/h4-10H,1-3H3,(H2,22,26)(H,23,27). The van der Waals surface area contributed by atoms with Crippen LogP contribution in [0.1, 0.15) is 32.0 Å². The second-order valence-corrected chi connectivity index (χ2v) is 6.27. The summed E-state index contributed by atoms with van der Waals surface area (Å²) in [5, 5.41) is 6.85. The Kier molecular flexibility index (Phi) is 5.12. The number of benzene rings is 2. The normalized spacial score (nSPS) is 10.6. The van der Waals surface area contributed by atoms with Gasteiger partial charge < -0.3 is 15.8 Å². The van der Waals surface area contributed by atoms with Crippen LogP contribution in [0, 0.1) is 19.7 Å². The number of nitrogens with one attached hydrogen (secondary N) is 1. The molecule has 28 heavy (non-hydrogen) atoms. The van der Waals surface area contributed by atoms with Crippen LogP contribution in [0.4, 0.5) is 10.1 Å². The van der Waals surface area contributed by atoms with Crippen molar-refractivity contribution < 1.29 is 18.7 Å². The van der Waals surface area contributed by atoms with Crippen molar-refractivity contribution in [3.8, 4) is 11.4 Å². The van der Waals surface area contributed by atoms with Gasteiger partial charge in [-0.3, -0.25) is 9.59 Å². The zero-order chi connectivity index (χ0) is 20.4. The lowest BCUT2D eigenvalue weighted by Gasteiger charge is -2.10. The van der Waals surface area contributed by atoms with Gasteiger partial charge in [-0.05, 0) is 49.7 Å². The minimum atomic E-state index is -0.787. The van der Waals surface area contributed by atoms with Crippen molar-refractivity contribution in [3.05, 3.63) is 70.8 Å². The molecule has 0 aliphatic rings. The highest BCUT2D eigenvalue weighted by Gasteiger charge is 2.16. The molecule has 1 aromatic heterocycles. The van der Waals surface area contributed by atoms with Crippen molar-refractivity contribution in [1.82, 2.24) is 9.78 Å². The van der Waals surface area contributed by atoms with Gasteiger partial charge in [-0.25, -0.2) is 9.07 Å². The molecule has 1 heterocycles. The third-order valence-corrected chi connectivity index (χ3v) is 4.28. The summed E-state index contributed by atoms with van der Waals surface area (Å²) >= 11 is 0. The van der Waals surface area contributed by atoms with E-state index >= 15 is 0 Å². The zero-order valence-electron chi connectivity index (χ0n) is 15.6. The minimum absolute atomic E-state index is 0.0339. The second kappa shape index (κ2) is 7.51. The molecular weight excluding hydrogens is 363 g/mol. The Hall–Kier alpha value is -3.68. The van der Waals surface area contributed by atoms with E-state index in [1.807, 2.05) is 25.1 Å². The van der Waals surface area contributed by atoms with E-state index in [-0.39, 0.29) is 22.5 Å². The molecule has 0 unspecified atom stereocenters. The van der Waals surface area contributed by atoms with E-state index in [0.717, 1.165) is 11.6 Å². The number of nitrogens with two attached hydrogens (primary N) is 1. The number of ether oxygens (including phenoxy) is 1. The smallest absolute Gasteiger partial charge is 0.276 e. The van der Waals surface area contributed by atoms with Crippen molar-refractivity contribution in [3.63, 3.8) is 0 Å². The molecule has 0 fully saturated rings. The van der Waals surface area contributed by atoms with Crippen molar-refractivity contribution in [2.45, 2.75) is 13.8 Å². The molecule has 7 nitrogen and oxygen atoms in total. The first-order valence-corrected chi connectivity index (χ1v) is 8.42. The number of hydrogen-bond acceptors (Lipinski definition) is 4. The van der Waals surface area contributed by atoms with E-state index in [0.29, 0.717) is 11.4 Å². The van der Waals surface area contributed by atoms with Crippen LogP contribution in [0.3, 0.4) is 0 Å². The van der Waals surface area contributed by atoms with E-state index < -0.39 is 17.6 Å². The monoisotopic (exact) mass is 382 g/mol. The predicted octanol–water partition coefficient (Wildman–Crippen LogP) is 2.99. The molecule has 2 aromatic carbocycles. The average Bonchev–Trinajstić information content (AvgIpc) is 3.15. The molecule has 2 amide bonds. The zero-order valence-corrected chi connectivity index (χ0v) is 15.6. The fourth-order valence-corrected chi connectivity index (χ4v) is 2.70. The van der Waals surface area contributed by atoms with Crippen LogP contribution >= 0.6 is 0 Å². The number of carbonyl (C=O) groups is 2. The van der Waals surface area contributed by atoms with E-state index in [2.05, 4.69) is 10.4 Å². The van der Waals surface area contributed by atoms with Gasteiger partial charge >= 0.3 is 0 Å². The molecule has 3 rings (SSSR count). The topological polar surface area (TPSA) is 99.2 Å². The van der Waals surface area contributed by atoms with Crippen LogP contribution in [0.15, 0.2) is 42.6 Å². The van der Waals surface area contributed by atoms with Crippen molar-refractivity contribution in [2.24, 2.45) is 5.73 Å². The quantitative estimate of drug-likeness (QED) is 0.709. The van der Waals surface area contributed by atoms with Gasteiger partial charge in [0.1, 0.15) is 17.3 Å². The van der Waals surface area contributed by atoms with Crippen LogP contribution in [-0.4, -0.2) is 28.7 Å². The van der Waals surface area contributed by atoms with Gasteiger partial charge in [-0.1, -0.05) is 6.07 Å². The third-order valence-electron chi connectivity index (χ3n) is 4.28. The van der Waals surface area contributed by atoms with Crippen molar-refractivity contribution in [2.75, 3.05) is 12.4 Å². The summed E-state index contributed by atoms with van der Waals surface area (Å²) in [6.45, 7) is 3.43. The summed E-state index contributed by atoms with van der Waals surface area (Å²) in [6, 6.07) is 9.49. The number of rotatable bonds is 5. The first-order valence-electron chi connectivity index (χ1n) is 8.42. The van der Waals surface area contributed by atoms with Gasteiger partial charge in [0.25, 0.3) is 5.91 Å². The van der Waals surface area contributed by atoms with Crippen LogP contribution in [0.25, 0.3) is 5.69 Å². The minimum Gasteiger partial charge on any atom is -0.494 e. The Bertz CT molecular complexity index is 1080. The van der Waals surface area contributed by atoms with Gasteiger partial charge in [0, 0.05) is 23.0 Å². The molecule has 0 bridgehead atoms. The molecule has 0 saturated carbocycles. The summed E-state index contributed by atoms with van der Waals surface area (Å²) in [5.74, 6) is -1.37. The number of nitrogens with zero attached hydrogens (tertiary/aromatic N) is 2. The molecular formula is C20H19FN4O3. The van der Waals surface area contributed by atoms with Crippen molar-refractivity contribution >= 4 is 17.5 Å². The fourth-order valence-electron chi connectivity index (χ4n) is 2.70. The first kappa shape index (κ1) is 19.1. The number of halogens is 1. The van der Waals surface area contributed by atoms with E-state index in [4.69, 9.17) is 10.5 Å². The van der Waals surface area contributed by atoms with Gasteiger partial charge in [0.2, 0.25) is 5.91 Å². The Labute approximate surface area is 160 Å². The van der Waals surface area contributed by atoms with Crippen LogP contribution in [-0.2, 0) is 0 Å². The number of carbonyl (C=O) groups excluding carboxylic acids is 2. The number of methoxy groups -OCH3 is 1. The third kappa shape index (κ3) is 3.71. The van der Waals surface area contributed by atoms with Crippen LogP contribution in [0.5, 0.6) is 5.75 Å². The fraction of sp³-hybridized carbons (Fsp3) is 0.150. The van der Waals surface area contributed by atoms with E-state index in [9.17, 15) is 14.0 Å². The highest BCUT2D eigenvalue weighted by molar-refractivity contribution is 6.04. The Balaban J connectivity index is 1.90. The molecule has 8 heteroatoms. The van der Waals surface area contributed by atoms with Crippen molar-refractivity contribution in [1.29, 1.82) is 0 Å². The molecule has 0 aliphatic heterocycles. The van der Waals surface area contributed by atoms with Crippen LogP contribution in [0.2, 0.25) is 0 Å². The Morgan fingerprint density at radius 2 is 1.93 bits per heavy atom. The van der Waals surface area contributed by atoms with E-state index in [1.54, 1.807) is 13.3 Å². The summed E-state index contributed by atoms with van der Waals surface area (Å²) in [7, 11) is 1.55. The lowest BCUT2D eigenvalue weighted by molar-refractivity contribution is 0.0995. The van der Waals surface area contributed by atoms with Gasteiger partial charge in [0.15, 0.2) is 5.69 Å². The number of hydrogen-bond donors (Lipinski definition) is 2.